The highest BCUT2D eigenvalue weighted by Crippen LogP contribution is 2.36. The van der Waals surface area contributed by atoms with Gasteiger partial charge in [-0.05, 0) is 19.0 Å². The Morgan fingerprint density at radius 2 is 2.24 bits per heavy atom. The van der Waals surface area contributed by atoms with Gasteiger partial charge in [-0.1, -0.05) is 37.2 Å². The summed E-state index contributed by atoms with van der Waals surface area (Å²) >= 11 is 0. The first kappa shape index (κ1) is 14.1. The highest BCUT2D eigenvalue weighted by atomic mass is 16.5. The number of para-hydroxylation sites is 1. The maximum Gasteiger partial charge on any atom is 0.230 e. The first-order valence-electron chi connectivity index (χ1n) is 7.55. The summed E-state index contributed by atoms with van der Waals surface area (Å²) in [4.78, 5) is 4.61. The number of hydrogen-bond acceptors (Lipinski definition) is 5. The van der Waals surface area contributed by atoms with Crippen LogP contribution in [-0.2, 0) is 0 Å². The molecule has 2 unspecified atom stereocenters. The second-order valence-electron chi connectivity index (χ2n) is 5.43. The van der Waals surface area contributed by atoms with Crippen LogP contribution < -0.4 is 10.1 Å². The zero-order valence-electron chi connectivity index (χ0n) is 12.5. The Hall–Kier alpha value is -1.88. The number of ether oxygens (including phenoxy) is 1. The van der Waals surface area contributed by atoms with Crippen LogP contribution in [0.2, 0.25) is 0 Å². The van der Waals surface area contributed by atoms with Gasteiger partial charge in [0.25, 0.3) is 0 Å². The molecule has 0 fully saturated rings. The molecule has 21 heavy (non-hydrogen) atoms. The number of aromatic nitrogens is 2. The number of nitrogens with zero attached hydrogens (tertiary/aromatic N) is 2. The van der Waals surface area contributed by atoms with Gasteiger partial charge in [0.1, 0.15) is 5.75 Å². The standard InChI is InChI=1S/C16H21N3O2/c1-3-17-10-11(2)16-18-15(19-21-16)13-8-9-20-14-7-5-4-6-12(13)14/h4-7,11,13,17H,3,8-10H2,1-2H3. The fourth-order valence-corrected chi connectivity index (χ4v) is 2.65. The predicted molar refractivity (Wildman–Crippen MR) is 79.7 cm³/mol. The summed E-state index contributed by atoms with van der Waals surface area (Å²) in [6.45, 7) is 6.67. The Morgan fingerprint density at radius 3 is 3.10 bits per heavy atom. The zero-order valence-corrected chi connectivity index (χ0v) is 12.5. The predicted octanol–water partition coefficient (Wildman–Crippen LogP) is 2.70. The molecule has 1 aromatic heterocycles. The van der Waals surface area contributed by atoms with Crippen LogP contribution in [0, 0.1) is 0 Å². The molecular formula is C16H21N3O2. The van der Waals surface area contributed by atoms with E-state index in [1.54, 1.807) is 0 Å². The van der Waals surface area contributed by atoms with E-state index in [9.17, 15) is 0 Å². The van der Waals surface area contributed by atoms with Crippen molar-refractivity contribution < 1.29 is 9.26 Å². The fourth-order valence-electron chi connectivity index (χ4n) is 2.65. The molecule has 2 atom stereocenters. The first-order valence-corrected chi connectivity index (χ1v) is 7.55. The van der Waals surface area contributed by atoms with Crippen LogP contribution in [0.3, 0.4) is 0 Å². The van der Waals surface area contributed by atoms with Gasteiger partial charge in [-0.25, -0.2) is 0 Å². The average Bonchev–Trinajstić information content (AvgIpc) is 3.02. The summed E-state index contributed by atoms with van der Waals surface area (Å²) in [5, 5.41) is 7.50. The van der Waals surface area contributed by atoms with E-state index in [-0.39, 0.29) is 11.8 Å². The van der Waals surface area contributed by atoms with E-state index in [1.165, 1.54) is 0 Å². The van der Waals surface area contributed by atoms with Gasteiger partial charge in [-0.2, -0.15) is 4.98 Å². The first-order chi connectivity index (χ1) is 10.3. The van der Waals surface area contributed by atoms with Gasteiger partial charge >= 0.3 is 0 Å². The third kappa shape index (κ3) is 2.93. The lowest BCUT2D eigenvalue weighted by molar-refractivity contribution is 0.272. The maximum atomic E-state index is 5.69. The van der Waals surface area contributed by atoms with Crippen molar-refractivity contribution in [2.75, 3.05) is 19.7 Å². The largest absolute Gasteiger partial charge is 0.493 e. The average molecular weight is 287 g/mol. The highest BCUT2D eigenvalue weighted by Gasteiger charge is 2.27. The van der Waals surface area contributed by atoms with Gasteiger partial charge in [0.05, 0.1) is 12.5 Å². The maximum absolute atomic E-state index is 5.69. The van der Waals surface area contributed by atoms with E-state index >= 15 is 0 Å². The smallest absolute Gasteiger partial charge is 0.230 e. The van der Waals surface area contributed by atoms with Crippen molar-refractivity contribution >= 4 is 0 Å². The quantitative estimate of drug-likeness (QED) is 0.916. The van der Waals surface area contributed by atoms with Crippen molar-refractivity contribution in [3.63, 3.8) is 0 Å². The van der Waals surface area contributed by atoms with Crippen LogP contribution in [0.4, 0.5) is 0 Å². The Balaban J connectivity index is 1.81. The summed E-state index contributed by atoms with van der Waals surface area (Å²) < 4.78 is 11.1. The van der Waals surface area contributed by atoms with Gasteiger partial charge < -0.3 is 14.6 Å². The minimum absolute atomic E-state index is 0.166. The lowest BCUT2D eigenvalue weighted by Crippen LogP contribution is -2.19. The molecule has 1 aromatic carbocycles. The third-order valence-electron chi connectivity index (χ3n) is 3.85. The fraction of sp³-hybridized carbons (Fsp3) is 0.500. The molecule has 1 N–H and O–H groups in total. The molecule has 0 saturated heterocycles. The van der Waals surface area contributed by atoms with Gasteiger partial charge in [-0.15, -0.1) is 0 Å². The van der Waals surface area contributed by atoms with E-state index in [1.807, 2.05) is 18.2 Å². The molecular weight excluding hydrogens is 266 g/mol. The normalized spacial score (nSPS) is 18.9. The number of fused-ring (bicyclic) bond motifs is 1. The van der Waals surface area contributed by atoms with Crippen molar-refractivity contribution in [3.05, 3.63) is 41.5 Å². The summed E-state index contributed by atoms with van der Waals surface area (Å²) in [5.41, 5.74) is 1.15. The van der Waals surface area contributed by atoms with Crippen LogP contribution in [0.15, 0.2) is 28.8 Å². The number of nitrogens with one attached hydrogen (secondary N) is 1. The van der Waals surface area contributed by atoms with Gasteiger partial charge in [0, 0.05) is 18.0 Å². The third-order valence-corrected chi connectivity index (χ3v) is 3.85. The molecule has 112 valence electrons. The minimum atomic E-state index is 0.166. The van der Waals surface area contributed by atoms with Crippen molar-refractivity contribution in [2.24, 2.45) is 0 Å². The van der Waals surface area contributed by atoms with Crippen LogP contribution in [-0.4, -0.2) is 29.8 Å². The number of hydrogen-bond donors (Lipinski definition) is 1. The summed E-state index contributed by atoms with van der Waals surface area (Å²) in [5.74, 6) is 2.79. The summed E-state index contributed by atoms with van der Waals surface area (Å²) in [6.07, 6.45) is 0.886. The van der Waals surface area contributed by atoms with E-state index in [0.29, 0.717) is 12.5 Å². The van der Waals surface area contributed by atoms with E-state index < -0.39 is 0 Å². The Labute approximate surface area is 124 Å². The molecule has 3 rings (SSSR count). The van der Waals surface area contributed by atoms with Crippen LogP contribution in [0.25, 0.3) is 0 Å². The van der Waals surface area contributed by atoms with Crippen molar-refractivity contribution in [2.45, 2.75) is 32.1 Å². The molecule has 2 aromatic rings. The highest BCUT2D eigenvalue weighted by molar-refractivity contribution is 5.40. The molecule has 0 bridgehead atoms. The number of benzene rings is 1. The zero-order chi connectivity index (χ0) is 14.7. The number of likely N-dealkylation sites (N-methyl/N-ethyl adjacent to an activating group) is 1. The van der Waals surface area contributed by atoms with Gasteiger partial charge in [0.2, 0.25) is 5.89 Å². The lowest BCUT2D eigenvalue weighted by atomic mass is 9.92. The van der Waals surface area contributed by atoms with E-state index in [4.69, 9.17) is 9.26 Å². The topological polar surface area (TPSA) is 60.2 Å². The summed E-state index contributed by atoms with van der Waals surface area (Å²) in [7, 11) is 0. The molecule has 5 heteroatoms. The minimum Gasteiger partial charge on any atom is -0.493 e. The van der Waals surface area contributed by atoms with Crippen LogP contribution in [0.5, 0.6) is 5.75 Å². The van der Waals surface area contributed by atoms with E-state index in [2.05, 4.69) is 35.4 Å². The SMILES string of the molecule is CCNCC(C)c1nc(C2CCOc3ccccc32)no1. The Kier molecular flexibility index (Phi) is 4.20. The molecule has 0 aliphatic carbocycles. The second-order valence-corrected chi connectivity index (χ2v) is 5.43. The molecule has 5 nitrogen and oxygen atoms in total. The monoisotopic (exact) mass is 287 g/mol. The van der Waals surface area contributed by atoms with Gasteiger partial charge in [-0.3, -0.25) is 0 Å². The molecule has 0 saturated carbocycles. The van der Waals surface area contributed by atoms with Crippen molar-refractivity contribution in [3.8, 4) is 5.75 Å². The Morgan fingerprint density at radius 1 is 1.38 bits per heavy atom. The van der Waals surface area contributed by atoms with Gasteiger partial charge in [0.15, 0.2) is 5.82 Å². The molecule has 1 aliphatic rings. The Bertz CT molecular complexity index is 597. The summed E-state index contributed by atoms with van der Waals surface area (Å²) in [6, 6.07) is 8.09. The van der Waals surface area contributed by atoms with Crippen LogP contribution in [0.1, 0.15) is 49.4 Å². The molecule has 1 aliphatic heterocycles. The van der Waals surface area contributed by atoms with Crippen molar-refractivity contribution in [1.29, 1.82) is 0 Å². The molecule has 0 radical (unpaired) electrons. The van der Waals surface area contributed by atoms with Crippen molar-refractivity contribution in [1.82, 2.24) is 15.5 Å². The molecule has 2 heterocycles. The van der Waals surface area contributed by atoms with E-state index in [0.717, 1.165) is 36.6 Å². The lowest BCUT2D eigenvalue weighted by Gasteiger charge is -2.23. The van der Waals surface area contributed by atoms with Crippen LogP contribution >= 0.6 is 0 Å². The number of rotatable bonds is 5. The molecule has 0 spiro atoms. The second kappa shape index (κ2) is 6.26. The molecule has 0 amide bonds.